The van der Waals surface area contributed by atoms with Crippen LogP contribution >= 0.6 is 22.7 Å². The summed E-state index contributed by atoms with van der Waals surface area (Å²) >= 11 is 0. The summed E-state index contributed by atoms with van der Waals surface area (Å²) in [5.74, 6) is -0.709. The van der Waals surface area contributed by atoms with Gasteiger partial charge in [0.25, 0.3) is 0 Å². The summed E-state index contributed by atoms with van der Waals surface area (Å²) in [4.78, 5) is 15.4. The molecule has 2 heterocycles. The number of nitrogens with zero attached hydrogens (tertiary/aromatic N) is 2. The number of hydrogen-bond acceptors (Lipinski definition) is 3. The maximum Gasteiger partial charge on any atom is 0.210 e. The fourth-order valence-electron chi connectivity index (χ4n) is 16.3. The molecule has 1 atom stereocenters. The van der Waals surface area contributed by atoms with Crippen molar-refractivity contribution in [1.82, 2.24) is 0 Å². The molecular weight excluding hydrogens is 1350 g/mol. The molecule has 0 bridgehead atoms. The van der Waals surface area contributed by atoms with Gasteiger partial charge >= 0.3 is 0 Å². The molecule has 10 aromatic rings. The van der Waals surface area contributed by atoms with E-state index in [2.05, 4.69) is 408 Å². The summed E-state index contributed by atoms with van der Waals surface area (Å²) in [7, 11) is 0.943. The molecule has 1 saturated heterocycles. The Kier molecular flexibility index (Phi) is 21.6. The molecule has 0 amide bonds. The Morgan fingerprint density at radius 2 is 0.411 bits per heavy atom. The minimum atomic E-state index is -2.79. The monoisotopic (exact) mass is 1470 g/mol. The maximum atomic E-state index is 15.4. The normalized spacial score (nSPS) is 15.2. The Bertz CT molecular complexity index is 4090. The van der Waals surface area contributed by atoms with Crippen LogP contribution in [0, 0.1) is 13.8 Å². The van der Waals surface area contributed by atoms with Crippen LogP contribution in [0.4, 0.5) is 16.2 Å². The van der Waals surface area contributed by atoms with Gasteiger partial charge in [0.15, 0.2) is 0 Å². The van der Waals surface area contributed by atoms with Crippen molar-refractivity contribution in [3.05, 3.63) is 341 Å². The Morgan fingerprint density at radius 1 is 0.271 bits per heavy atom. The summed E-state index contributed by atoms with van der Waals surface area (Å²) in [6.45, 7) is 59.1. The van der Waals surface area contributed by atoms with Crippen LogP contribution in [0.25, 0.3) is 0 Å². The Balaban J connectivity index is 1.23. The van der Waals surface area contributed by atoms with Crippen LogP contribution in [0.5, 0.6) is 0 Å². The molecule has 0 aliphatic carbocycles. The molecular formula is C101H123N2OP3. The second kappa shape index (κ2) is 29.1. The molecule has 107 heavy (non-hydrogen) atoms. The number of carbonyl (C=O) groups excluding carboxylic acids is 1. The SMILES string of the molecule is Cc1cc(C(c2ccc(C(C)(C)C)cc2)c2ccc(C(C)(C)C)cc2)c(N2CCN(c3c(C(c4ccc(C(C)(C)C)cc4)c4ccc(C(C)(C)C)cc4)cc(C)cc3C(c3ccc(C(C)(C)C)cc3)c3ccc(C(C)(C)C)cc3)P23=PC(=O)P3)c(C(c2ccc(C(C)(C)C)cc2)c2ccc(C(C)(C)C)cc2)c1. The minimum Gasteiger partial charge on any atom is -0.327 e. The lowest BCUT2D eigenvalue weighted by atomic mass is 9.76. The molecule has 10 aromatic carbocycles. The van der Waals surface area contributed by atoms with E-state index in [0.29, 0.717) is 5.27 Å². The van der Waals surface area contributed by atoms with Gasteiger partial charge in [0.1, 0.15) is 6.54 Å². The van der Waals surface area contributed by atoms with E-state index in [0.717, 1.165) is 21.0 Å². The van der Waals surface area contributed by atoms with Gasteiger partial charge in [-0.25, -0.2) is 0 Å². The average Bonchev–Trinajstić information content (AvgIpc) is 1.61. The lowest BCUT2D eigenvalue weighted by Crippen LogP contribution is -2.25. The third-order valence-corrected chi connectivity index (χ3v) is 35.2. The first kappa shape index (κ1) is 79.2. The molecule has 12 rings (SSSR count). The Hall–Kier alpha value is -7.37. The third-order valence-electron chi connectivity index (χ3n) is 22.9. The average molecular weight is 1470 g/mol. The topological polar surface area (TPSA) is 23.6 Å². The van der Waals surface area contributed by atoms with Crippen molar-refractivity contribution in [3.8, 4) is 0 Å². The van der Waals surface area contributed by atoms with Gasteiger partial charge in [0.05, 0.1) is 11.4 Å². The lowest BCUT2D eigenvalue weighted by molar-refractivity contribution is 0.276. The molecule has 2 aliphatic rings. The number of hydrogen-bond donors (Lipinski definition) is 0. The molecule has 1 fully saturated rings. The lowest BCUT2D eigenvalue weighted by Gasteiger charge is -2.46. The van der Waals surface area contributed by atoms with Gasteiger partial charge in [-0.3, -0.25) is 4.79 Å². The summed E-state index contributed by atoms with van der Waals surface area (Å²) in [5.41, 5.74) is 30.3. The molecule has 0 saturated carbocycles. The zero-order chi connectivity index (χ0) is 77.7. The highest BCUT2D eigenvalue weighted by molar-refractivity contribution is 8.61. The fourth-order valence-corrected chi connectivity index (χ4v) is 27.8. The molecule has 3 nitrogen and oxygen atoms in total. The van der Waals surface area contributed by atoms with E-state index < -0.39 is 6.54 Å². The van der Waals surface area contributed by atoms with E-state index in [1.807, 2.05) is 0 Å². The van der Waals surface area contributed by atoms with Gasteiger partial charge in [-0.1, -0.05) is 396 Å². The molecule has 558 valence electrons. The zero-order valence-corrected chi connectivity index (χ0v) is 72.5. The van der Waals surface area contributed by atoms with Crippen molar-refractivity contribution in [3.63, 3.8) is 0 Å². The summed E-state index contributed by atoms with van der Waals surface area (Å²) in [6.07, 6.45) is 0. The largest absolute Gasteiger partial charge is 0.327 e. The van der Waals surface area contributed by atoms with Crippen LogP contribution in [-0.4, -0.2) is 18.4 Å². The van der Waals surface area contributed by atoms with Gasteiger partial charge in [-0.2, -0.15) is 0 Å². The second-order valence-corrected chi connectivity index (χ2v) is 49.4. The van der Waals surface area contributed by atoms with Gasteiger partial charge in [0.2, 0.25) is 5.27 Å². The molecule has 0 aromatic heterocycles. The van der Waals surface area contributed by atoms with Crippen molar-refractivity contribution >= 4 is 39.3 Å². The van der Waals surface area contributed by atoms with Crippen molar-refractivity contribution in [2.75, 3.05) is 22.4 Å². The zero-order valence-electron chi connectivity index (χ0n) is 69.7. The smallest absolute Gasteiger partial charge is 0.210 e. The summed E-state index contributed by atoms with van der Waals surface area (Å²) < 4.78 is 5.87. The van der Waals surface area contributed by atoms with Crippen LogP contribution in [0.15, 0.2) is 218 Å². The number of anilines is 2. The summed E-state index contributed by atoms with van der Waals surface area (Å²) in [6, 6.07) is 87.5. The van der Waals surface area contributed by atoms with Gasteiger partial charge in [0, 0.05) is 52.9 Å². The first-order valence-corrected chi connectivity index (χ1v) is 44.6. The van der Waals surface area contributed by atoms with E-state index in [9.17, 15) is 0 Å². The van der Waals surface area contributed by atoms with Gasteiger partial charge in [-0.15, -0.1) is 0 Å². The third kappa shape index (κ3) is 16.6. The van der Waals surface area contributed by atoms with E-state index in [-0.39, 0.29) is 75.3 Å². The van der Waals surface area contributed by atoms with Crippen molar-refractivity contribution in [2.45, 2.75) is 247 Å². The molecule has 6 heteroatoms. The first-order valence-electron chi connectivity index (χ1n) is 39.4. The van der Waals surface area contributed by atoms with Crippen LogP contribution in [0.3, 0.4) is 0 Å². The predicted octanol–water partition coefficient (Wildman–Crippen LogP) is 29.2. The molecule has 2 aliphatic heterocycles. The van der Waals surface area contributed by atoms with E-state index in [1.54, 1.807) is 0 Å². The van der Waals surface area contributed by atoms with Gasteiger partial charge in [-0.05, 0) is 168 Å². The number of rotatable bonds is 14. The van der Waals surface area contributed by atoms with Crippen molar-refractivity contribution in [2.24, 2.45) is 0 Å². The number of benzene rings is 10. The van der Waals surface area contributed by atoms with Crippen molar-refractivity contribution < 1.29 is 4.79 Å². The van der Waals surface area contributed by atoms with Crippen LogP contribution in [0.2, 0.25) is 0 Å². The van der Waals surface area contributed by atoms with Crippen molar-refractivity contribution in [1.29, 1.82) is 0 Å². The van der Waals surface area contributed by atoms with Gasteiger partial charge < -0.3 is 9.34 Å². The standard InChI is InChI=1S/C101H123N2OP3/c1-65-61-83(87(67-27-43-75(44-28-67)94(3,4)5)68-29-45-76(46-30-68)95(6,7)8)91(84(62-65)88(69-31-47-77(48-32-69)96(9,10)11)70-33-49-78(50-34-70)97(12,13)14)102-59-60-103(107(102)105-93(104)106-107)92-85(89(71-35-51-79(52-36-71)98(15,16)17)72-37-53-80(54-38-72)99(18,19)20)63-66(2)64-86(92)90(73-39-55-81(56-40-73)100(21,22)23)74-41-57-82(58-42-74)101(24,25)26/h27-58,61-64,87-90,105H,59-60H2,1-26H3. The molecule has 0 radical (unpaired) electrons. The van der Waals surface area contributed by atoms with Crippen LogP contribution in [0.1, 0.15) is 312 Å². The van der Waals surface area contributed by atoms with Crippen LogP contribution in [-0.2, 0) is 43.3 Å². The minimum absolute atomic E-state index is 0.0435. The number of aryl methyl sites for hydroxylation is 2. The van der Waals surface area contributed by atoms with E-state index in [4.69, 9.17) is 0 Å². The molecule has 0 N–H and O–H groups in total. The maximum absolute atomic E-state index is 15.4. The highest BCUT2D eigenvalue weighted by Gasteiger charge is 2.51. The second-order valence-electron chi connectivity index (χ2n) is 39.6. The molecule has 1 spiro atoms. The Morgan fingerprint density at radius 3 is 0.533 bits per heavy atom. The van der Waals surface area contributed by atoms with E-state index in [1.165, 1.54) is 134 Å². The van der Waals surface area contributed by atoms with Crippen LogP contribution < -0.4 is 9.34 Å². The fraction of sp³-hybridized carbons (Fsp3) is 0.396. The Labute approximate surface area is 650 Å². The predicted molar refractivity (Wildman–Crippen MR) is 470 cm³/mol. The molecule has 1 unspecified atom stereocenters. The first-order chi connectivity index (χ1) is 49.8. The van der Waals surface area contributed by atoms with E-state index >= 15 is 4.79 Å². The summed E-state index contributed by atoms with van der Waals surface area (Å²) in [5, 5.41) is 0.332. The highest BCUT2D eigenvalue weighted by atomic mass is 32.3. The number of carbonyl (C=O) groups is 1. The quantitative estimate of drug-likeness (QED) is 0.0801. The highest BCUT2D eigenvalue weighted by Crippen LogP contribution is 2.88.